The van der Waals surface area contributed by atoms with E-state index >= 15 is 0 Å². The predicted molar refractivity (Wildman–Crippen MR) is 151 cm³/mol. The van der Waals surface area contributed by atoms with E-state index in [0.717, 1.165) is 24.3 Å². The SMILES string of the molecule is COc1cc(O)c2c(c1)C(=O)c1c(c(O)c(C)c(O)c1-c1c(O)c(C)c(O)c3c1C(=O)c1cc(OC)cc(O)c1C3=O)C2=O. The minimum atomic E-state index is -1.01. The first kappa shape index (κ1) is 28.1. The van der Waals surface area contributed by atoms with Crippen molar-refractivity contribution in [3.63, 3.8) is 0 Å². The van der Waals surface area contributed by atoms with E-state index < -0.39 is 102 Å². The van der Waals surface area contributed by atoms with Gasteiger partial charge >= 0.3 is 0 Å². The standard InChI is InChI=1S/C32H22O12/c1-9-25(35)19(21-23(27(9)37)31(41)17-13(29(21)39)5-11(43-3)7-15(17)33)20-22-24(28(38)10(2)26(20)36)32(42)18-14(30(22)40)6-12(44-4)8-16(18)34/h5-8,33-38H,1-4H3. The van der Waals surface area contributed by atoms with Gasteiger partial charge < -0.3 is 40.1 Å². The quantitative estimate of drug-likeness (QED) is 0.172. The second-order valence-electron chi connectivity index (χ2n) is 10.3. The molecule has 0 unspecified atom stereocenters. The van der Waals surface area contributed by atoms with E-state index in [-0.39, 0.29) is 33.8 Å². The highest BCUT2D eigenvalue weighted by Crippen LogP contribution is 2.55. The largest absolute Gasteiger partial charge is 0.507 e. The zero-order valence-electron chi connectivity index (χ0n) is 23.4. The van der Waals surface area contributed by atoms with Crippen molar-refractivity contribution < 1.29 is 59.3 Å². The van der Waals surface area contributed by atoms with Gasteiger partial charge in [-0.1, -0.05) is 0 Å². The van der Waals surface area contributed by atoms with E-state index in [1.807, 2.05) is 0 Å². The number of carbonyl (C=O) groups excluding carboxylic acids is 4. The third-order valence-electron chi connectivity index (χ3n) is 8.12. The number of benzene rings is 4. The van der Waals surface area contributed by atoms with Crippen molar-refractivity contribution in [1.29, 1.82) is 0 Å². The van der Waals surface area contributed by atoms with Gasteiger partial charge in [0.25, 0.3) is 0 Å². The average Bonchev–Trinajstić information content (AvgIpc) is 2.99. The maximum absolute atomic E-state index is 14.1. The second-order valence-corrected chi connectivity index (χ2v) is 10.3. The molecule has 0 spiro atoms. The minimum Gasteiger partial charge on any atom is -0.507 e. The first-order valence-electron chi connectivity index (χ1n) is 12.9. The zero-order chi connectivity index (χ0) is 32.1. The fourth-order valence-electron chi connectivity index (χ4n) is 5.87. The minimum absolute atomic E-state index is 0.000189. The van der Waals surface area contributed by atoms with E-state index in [2.05, 4.69) is 0 Å². The predicted octanol–water partition coefficient (Wildman–Crippen LogP) is 3.77. The molecule has 4 aromatic rings. The Hall–Kier alpha value is -6.04. The maximum atomic E-state index is 14.1. The molecule has 0 radical (unpaired) electrons. The summed E-state index contributed by atoms with van der Waals surface area (Å²) in [6.45, 7) is 2.41. The number of phenolic OH excluding ortho intramolecular Hbond substituents is 6. The summed E-state index contributed by atoms with van der Waals surface area (Å²) in [5, 5.41) is 66.1. The molecule has 0 atom stereocenters. The molecule has 0 fully saturated rings. The van der Waals surface area contributed by atoms with Crippen LogP contribution in [0, 0.1) is 13.8 Å². The van der Waals surface area contributed by atoms with Gasteiger partial charge in [-0.3, -0.25) is 19.2 Å². The highest BCUT2D eigenvalue weighted by atomic mass is 16.5. The molecular formula is C32H22O12. The summed E-state index contributed by atoms with van der Waals surface area (Å²) in [7, 11) is 2.51. The lowest BCUT2D eigenvalue weighted by atomic mass is 9.73. The van der Waals surface area contributed by atoms with Crippen LogP contribution in [0.15, 0.2) is 24.3 Å². The molecule has 0 amide bonds. The van der Waals surface area contributed by atoms with Gasteiger partial charge in [-0.2, -0.15) is 0 Å². The smallest absolute Gasteiger partial charge is 0.202 e. The Labute approximate surface area is 247 Å². The highest BCUT2D eigenvalue weighted by molar-refractivity contribution is 6.36. The van der Waals surface area contributed by atoms with Crippen LogP contribution in [0.2, 0.25) is 0 Å². The third-order valence-corrected chi connectivity index (χ3v) is 8.12. The molecular weight excluding hydrogens is 576 g/mol. The van der Waals surface area contributed by atoms with E-state index in [1.165, 1.54) is 28.1 Å². The Balaban J connectivity index is 1.79. The molecule has 6 rings (SSSR count). The van der Waals surface area contributed by atoms with Crippen LogP contribution in [0.4, 0.5) is 0 Å². The van der Waals surface area contributed by atoms with Crippen LogP contribution < -0.4 is 9.47 Å². The highest BCUT2D eigenvalue weighted by Gasteiger charge is 2.44. The van der Waals surface area contributed by atoms with Crippen LogP contribution in [0.5, 0.6) is 46.0 Å². The van der Waals surface area contributed by atoms with E-state index in [4.69, 9.17) is 9.47 Å². The van der Waals surface area contributed by atoms with Crippen molar-refractivity contribution >= 4 is 23.1 Å². The molecule has 0 aliphatic heterocycles. The van der Waals surface area contributed by atoms with Crippen LogP contribution in [0.25, 0.3) is 11.1 Å². The average molecular weight is 599 g/mol. The Morgan fingerprint density at radius 3 is 1.07 bits per heavy atom. The molecule has 2 aliphatic rings. The fraction of sp³-hybridized carbons (Fsp3) is 0.125. The van der Waals surface area contributed by atoms with Gasteiger partial charge in [0.2, 0.25) is 11.6 Å². The van der Waals surface area contributed by atoms with Crippen molar-refractivity contribution in [3.8, 4) is 57.1 Å². The molecule has 222 valence electrons. The molecule has 0 bridgehead atoms. The Bertz CT molecular complexity index is 1940. The molecule has 44 heavy (non-hydrogen) atoms. The summed E-state index contributed by atoms with van der Waals surface area (Å²) in [6.07, 6.45) is 0. The molecule has 2 aliphatic carbocycles. The summed E-state index contributed by atoms with van der Waals surface area (Å²) >= 11 is 0. The van der Waals surface area contributed by atoms with E-state index in [0.29, 0.717) is 0 Å². The van der Waals surface area contributed by atoms with Crippen LogP contribution in [-0.2, 0) is 0 Å². The first-order valence-corrected chi connectivity index (χ1v) is 12.9. The number of hydrogen-bond donors (Lipinski definition) is 6. The molecule has 0 heterocycles. The van der Waals surface area contributed by atoms with Crippen LogP contribution in [-0.4, -0.2) is 68.0 Å². The van der Waals surface area contributed by atoms with Crippen molar-refractivity contribution in [2.45, 2.75) is 13.8 Å². The van der Waals surface area contributed by atoms with Gasteiger partial charge in [0, 0.05) is 56.6 Å². The van der Waals surface area contributed by atoms with E-state index in [1.54, 1.807) is 0 Å². The number of aromatic hydroxyl groups is 6. The van der Waals surface area contributed by atoms with Crippen LogP contribution in [0.3, 0.4) is 0 Å². The van der Waals surface area contributed by atoms with Gasteiger partial charge in [-0.05, 0) is 26.0 Å². The molecule has 0 saturated carbocycles. The van der Waals surface area contributed by atoms with Gasteiger partial charge in [0.1, 0.15) is 46.0 Å². The molecule has 0 saturated heterocycles. The number of ether oxygens (including phenoxy) is 2. The normalized spacial score (nSPS) is 13.3. The number of rotatable bonds is 3. The molecule has 6 N–H and O–H groups in total. The first-order chi connectivity index (χ1) is 20.8. The summed E-state index contributed by atoms with van der Waals surface area (Å²) in [6, 6.07) is 4.51. The van der Waals surface area contributed by atoms with Gasteiger partial charge in [-0.25, -0.2) is 0 Å². The summed E-state index contributed by atoms with van der Waals surface area (Å²) in [5.74, 6) is -8.51. The number of methoxy groups -OCH3 is 2. The molecule has 4 aromatic carbocycles. The summed E-state index contributed by atoms with van der Waals surface area (Å²) in [4.78, 5) is 55.8. The Kier molecular flexibility index (Phi) is 5.89. The lowest BCUT2D eigenvalue weighted by Crippen LogP contribution is -2.25. The van der Waals surface area contributed by atoms with Crippen molar-refractivity contribution in [3.05, 3.63) is 79.9 Å². The van der Waals surface area contributed by atoms with Crippen molar-refractivity contribution in [1.82, 2.24) is 0 Å². The van der Waals surface area contributed by atoms with Gasteiger partial charge in [-0.15, -0.1) is 0 Å². The lowest BCUT2D eigenvalue weighted by Gasteiger charge is -2.28. The third kappa shape index (κ3) is 3.38. The number of phenols is 6. The number of ketones is 4. The topological polar surface area (TPSA) is 208 Å². The number of hydrogen-bond acceptors (Lipinski definition) is 12. The van der Waals surface area contributed by atoms with Crippen molar-refractivity contribution in [2.75, 3.05) is 14.2 Å². The monoisotopic (exact) mass is 598 g/mol. The molecule has 12 nitrogen and oxygen atoms in total. The number of fused-ring (bicyclic) bond motifs is 4. The molecule has 0 aromatic heterocycles. The Morgan fingerprint density at radius 1 is 0.432 bits per heavy atom. The summed E-state index contributed by atoms with van der Waals surface area (Å²) in [5.41, 5.74) is -6.03. The second kappa shape index (κ2) is 9.23. The van der Waals surface area contributed by atoms with Gasteiger partial charge in [0.05, 0.1) is 36.5 Å². The van der Waals surface area contributed by atoms with Crippen molar-refractivity contribution in [2.24, 2.45) is 0 Å². The Morgan fingerprint density at radius 2 is 0.750 bits per heavy atom. The van der Waals surface area contributed by atoms with E-state index in [9.17, 15) is 49.8 Å². The number of carbonyl (C=O) groups is 4. The lowest BCUT2D eigenvalue weighted by molar-refractivity contribution is 0.0972. The fourth-order valence-corrected chi connectivity index (χ4v) is 5.87. The molecule has 12 heteroatoms. The van der Waals surface area contributed by atoms with Gasteiger partial charge in [0.15, 0.2) is 11.6 Å². The zero-order valence-corrected chi connectivity index (χ0v) is 23.4. The maximum Gasteiger partial charge on any atom is 0.202 e. The van der Waals surface area contributed by atoms with Crippen LogP contribution >= 0.6 is 0 Å². The van der Waals surface area contributed by atoms with Crippen LogP contribution in [0.1, 0.15) is 74.8 Å². The summed E-state index contributed by atoms with van der Waals surface area (Å²) < 4.78 is 10.2.